The molecule has 1 aromatic rings. The Morgan fingerprint density at radius 2 is 2.05 bits per heavy atom. The average molecular weight is 297 g/mol. The topological polar surface area (TPSA) is 50.4 Å². The van der Waals surface area contributed by atoms with E-state index in [1.54, 1.807) is 24.3 Å². The molecular weight excluding hydrogens is 276 g/mol. The van der Waals surface area contributed by atoms with Crippen LogP contribution in [0.5, 0.6) is 0 Å². The number of amides is 1. The molecule has 4 nitrogen and oxygen atoms in total. The van der Waals surface area contributed by atoms with Gasteiger partial charge in [-0.15, -0.1) is 0 Å². The van der Waals surface area contributed by atoms with Crippen LogP contribution in [-0.4, -0.2) is 32.2 Å². The number of anilines is 1. The Morgan fingerprint density at radius 1 is 1.30 bits per heavy atom. The van der Waals surface area contributed by atoms with Gasteiger partial charge in [0.15, 0.2) is 0 Å². The number of hydrogen-bond donors (Lipinski definition) is 2. The number of carbonyl (C=O) groups excluding carboxylic acids is 1. The zero-order chi connectivity index (χ0) is 14.2. The molecule has 0 spiro atoms. The predicted octanol–water partition coefficient (Wildman–Crippen LogP) is 2.68. The second-order valence-electron chi connectivity index (χ2n) is 5.10. The Morgan fingerprint density at radius 3 is 2.75 bits per heavy atom. The summed E-state index contributed by atoms with van der Waals surface area (Å²) in [4.78, 5) is 11.6. The van der Waals surface area contributed by atoms with E-state index in [0.29, 0.717) is 11.6 Å². The molecule has 0 atom stereocenters. The summed E-state index contributed by atoms with van der Waals surface area (Å²) in [6, 6.07) is 7.07. The van der Waals surface area contributed by atoms with E-state index in [4.69, 9.17) is 16.3 Å². The van der Waals surface area contributed by atoms with E-state index in [-0.39, 0.29) is 5.91 Å². The molecule has 1 aromatic carbocycles. The van der Waals surface area contributed by atoms with E-state index < -0.39 is 0 Å². The number of carbonyl (C=O) groups is 1. The van der Waals surface area contributed by atoms with Crippen molar-refractivity contribution in [3.8, 4) is 0 Å². The molecule has 1 saturated carbocycles. The summed E-state index contributed by atoms with van der Waals surface area (Å²) < 4.78 is 5.52. The molecule has 1 fully saturated rings. The Hall–Kier alpha value is -1.10. The highest BCUT2D eigenvalue weighted by Gasteiger charge is 2.20. The third kappa shape index (κ3) is 6.37. The van der Waals surface area contributed by atoms with Crippen molar-refractivity contribution in [3.63, 3.8) is 0 Å². The van der Waals surface area contributed by atoms with E-state index >= 15 is 0 Å². The lowest BCUT2D eigenvalue weighted by molar-refractivity contribution is -0.115. The smallest absolute Gasteiger partial charge is 0.238 e. The molecule has 1 aliphatic carbocycles. The first-order valence-corrected chi connectivity index (χ1v) is 7.46. The molecule has 20 heavy (non-hydrogen) atoms. The van der Waals surface area contributed by atoms with Gasteiger partial charge in [0.2, 0.25) is 5.91 Å². The molecule has 1 amide bonds. The standard InChI is InChI=1S/C15H21ClN2O2/c16-13-4-6-14(7-5-13)18-15(19)10-17-8-1-9-20-11-12-2-3-12/h4-7,12,17H,1-3,8-11H2,(H,18,19). The van der Waals surface area contributed by atoms with Crippen LogP contribution in [0.25, 0.3) is 0 Å². The monoisotopic (exact) mass is 296 g/mol. The number of rotatable bonds is 9. The average Bonchev–Trinajstić information content (AvgIpc) is 3.24. The highest BCUT2D eigenvalue weighted by molar-refractivity contribution is 6.30. The van der Waals surface area contributed by atoms with Gasteiger partial charge in [0, 0.05) is 23.9 Å². The molecule has 0 unspecified atom stereocenters. The van der Waals surface area contributed by atoms with E-state index in [0.717, 1.165) is 37.8 Å². The number of benzene rings is 1. The van der Waals surface area contributed by atoms with Gasteiger partial charge in [-0.3, -0.25) is 4.79 Å². The van der Waals surface area contributed by atoms with E-state index in [2.05, 4.69) is 10.6 Å². The summed E-state index contributed by atoms with van der Waals surface area (Å²) in [6.07, 6.45) is 3.58. The summed E-state index contributed by atoms with van der Waals surface area (Å²) in [5.74, 6) is 0.763. The molecule has 0 aliphatic heterocycles. The number of hydrogen-bond acceptors (Lipinski definition) is 3. The third-order valence-electron chi connectivity index (χ3n) is 3.11. The van der Waals surface area contributed by atoms with Crippen molar-refractivity contribution >= 4 is 23.2 Å². The van der Waals surface area contributed by atoms with E-state index in [1.807, 2.05) is 0 Å². The molecule has 0 heterocycles. The molecule has 2 rings (SSSR count). The Balaban J connectivity index is 1.48. The van der Waals surface area contributed by atoms with Gasteiger partial charge >= 0.3 is 0 Å². The second kappa shape index (κ2) is 8.25. The normalized spacial score (nSPS) is 14.2. The lowest BCUT2D eigenvalue weighted by atomic mass is 10.3. The molecular formula is C15H21ClN2O2. The fourth-order valence-corrected chi connectivity index (χ4v) is 1.90. The maximum absolute atomic E-state index is 11.6. The first kappa shape index (κ1) is 15.3. The van der Waals surface area contributed by atoms with Crippen LogP contribution in [0.4, 0.5) is 5.69 Å². The first-order chi connectivity index (χ1) is 9.74. The van der Waals surface area contributed by atoms with Gasteiger partial charge in [0.25, 0.3) is 0 Å². The van der Waals surface area contributed by atoms with Crippen molar-refractivity contribution in [1.82, 2.24) is 5.32 Å². The summed E-state index contributed by atoms with van der Waals surface area (Å²) in [6.45, 7) is 2.77. The zero-order valence-corrected chi connectivity index (χ0v) is 12.3. The van der Waals surface area contributed by atoms with Crippen molar-refractivity contribution in [2.45, 2.75) is 19.3 Å². The van der Waals surface area contributed by atoms with E-state index in [1.165, 1.54) is 12.8 Å². The molecule has 0 saturated heterocycles. The van der Waals surface area contributed by atoms with Crippen LogP contribution in [0.15, 0.2) is 24.3 Å². The fourth-order valence-electron chi connectivity index (χ4n) is 1.77. The number of ether oxygens (including phenoxy) is 1. The molecule has 0 radical (unpaired) electrons. The predicted molar refractivity (Wildman–Crippen MR) is 81.1 cm³/mol. The van der Waals surface area contributed by atoms with Crippen molar-refractivity contribution < 1.29 is 9.53 Å². The highest BCUT2D eigenvalue weighted by atomic mass is 35.5. The van der Waals surface area contributed by atoms with Gasteiger partial charge in [-0.05, 0) is 56.0 Å². The van der Waals surface area contributed by atoms with Gasteiger partial charge in [-0.25, -0.2) is 0 Å². The highest BCUT2D eigenvalue weighted by Crippen LogP contribution is 2.28. The summed E-state index contributed by atoms with van der Waals surface area (Å²) in [7, 11) is 0. The minimum atomic E-state index is -0.0498. The van der Waals surface area contributed by atoms with Crippen molar-refractivity contribution in [2.24, 2.45) is 5.92 Å². The molecule has 0 aromatic heterocycles. The maximum Gasteiger partial charge on any atom is 0.238 e. The van der Waals surface area contributed by atoms with Gasteiger partial charge in [0.05, 0.1) is 6.54 Å². The molecule has 110 valence electrons. The first-order valence-electron chi connectivity index (χ1n) is 7.08. The third-order valence-corrected chi connectivity index (χ3v) is 3.36. The SMILES string of the molecule is O=C(CNCCCOCC1CC1)Nc1ccc(Cl)cc1. The zero-order valence-electron chi connectivity index (χ0n) is 11.5. The minimum absolute atomic E-state index is 0.0498. The van der Waals surface area contributed by atoms with Crippen LogP contribution < -0.4 is 10.6 Å². The second-order valence-corrected chi connectivity index (χ2v) is 5.54. The van der Waals surface area contributed by atoms with Crippen molar-refractivity contribution in [3.05, 3.63) is 29.3 Å². The van der Waals surface area contributed by atoms with Crippen molar-refractivity contribution in [1.29, 1.82) is 0 Å². The molecule has 1 aliphatic rings. The number of halogens is 1. The molecule has 0 bridgehead atoms. The lowest BCUT2D eigenvalue weighted by Gasteiger charge is -2.07. The Labute approximate surface area is 124 Å². The van der Waals surface area contributed by atoms with Crippen LogP contribution in [0.1, 0.15) is 19.3 Å². The van der Waals surface area contributed by atoms with Gasteiger partial charge in [-0.2, -0.15) is 0 Å². The molecule has 2 N–H and O–H groups in total. The fraction of sp³-hybridized carbons (Fsp3) is 0.533. The van der Waals surface area contributed by atoms with E-state index in [9.17, 15) is 4.79 Å². The minimum Gasteiger partial charge on any atom is -0.381 e. The summed E-state index contributed by atoms with van der Waals surface area (Å²) in [5.41, 5.74) is 0.758. The lowest BCUT2D eigenvalue weighted by Crippen LogP contribution is -2.29. The maximum atomic E-state index is 11.6. The van der Waals surface area contributed by atoms with Crippen LogP contribution in [0.2, 0.25) is 5.02 Å². The van der Waals surface area contributed by atoms with Gasteiger partial charge < -0.3 is 15.4 Å². The van der Waals surface area contributed by atoms with Crippen molar-refractivity contribution in [2.75, 3.05) is 31.6 Å². The summed E-state index contributed by atoms with van der Waals surface area (Å²) >= 11 is 5.78. The summed E-state index contributed by atoms with van der Waals surface area (Å²) in [5, 5.41) is 6.57. The Kier molecular flexibility index (Phi) is 6.30. The van der Waals surface area contributed by atoms with Crippen LogP contribution in [0, 0.1) is 5.92 Å². The van der Waals surface area contributed by atoms with Crippen LogP contribution in [-0.2, 0) is 9.53 Å². The van der Waals surface area contributed by atoms with Crippen LogP contribution >= 0.6 is 11.6 Å². The quantitative estimate of drug-likeness (QED) is 0.689. The van der Waals surface area contributed by atoms with Gasteiger partial charge in [0.1, 0.15) is 0 Å². The van der Waals surface area contributed by atoms with Gasteiger partial charge in [-0.1, -0.05) is 11.6 Å². The van der Waals surface area contributed by atoms with Crippen LogP contribution in [0.3, 0.4) is 0 Å². The number of nitrogens with one attached hydrogen (secondary N) is 2. The Bertz CT molecular complexity index is 418. The molecule has 5 heteroatoms. The largest absolute Gasteiger partial charge is 0.381 e.